The SMILES string of the molecule is CCOc1ccccc1CCC(=O)Nc1nc(C)cs1. The molecule has 1 aromatic carbocycles. The third kappa shape index (κ3) is 4.06. The number of rotatable bonds is 6. The summed E-state index contributed by atoms with van der Waals surface area (Å²) in [4.78, 5) is 16.1. The highest BCUT2D eigenvalue weighted by Gasteiger charge is 2.08. The molecule has 0 saturated carbocycles. The molecule has 0 spiro atoms. The van der Waals surface area contributed by atoms with Crippen LogP contribution in [0.15, 0.2) is 29.6 Å². The van der Waals surface area contributed by atoms with Gasteiger partial charge in [-0.05, 0) is 31.9 Å². The zero-order chi connectivity index (χ0) is 14.4. The van der Waals surface area contributed by atoms with Crippen LogP contribution in [-0.2, 0) is 11.2 Å². The number of aryl methyl sites for hydroxylation is 2. The number of hydrogen-bond acceptors (Lipinski definition) is 4. The van der Waals surface area contributed by atoms with Crippen molar-refractivity contribution in [2.24, 2.45) is 0 Å². The highest BCUT2D eigenvalue weighted by atomic mass is 32.1. The van der Waals surface area contributed by atoms with Gasteiger partial charge in [0.2, 0.25) is 5.91 Å². The van der Waals surface area contributed by atoms with E-state index in [0.29, 0.717) is 24.6 Å². The van der Waals surface area contributed by atoms with Crippen LogP contribution in [0.5, 0.6) is 5.75 Å². The van der Waals surface area contributed by atoms with E-state index in [1.54, 1.807) is 0 Å². The smallest absolute Gasteiger partial charge is 0.226 e. The van der Waals surface area contributed by atoms with Gasteiger partial charge in [-0.25, -0.2) is 4.98 Å². The van der Waals surface area contributed by atoms with Crippen LogP contribution in [0.1, 0.15) is 24.6 Å². The Labute approximate surface area is 122 Å². The minimum Gasteiger partial charge on any atom is -0.494 e. The van der Waals surface area contributed by atoms with Gasteiger partial charge in [-0.15, -0.1) is 11.3 Å². The minimum absolute atomic E-state index is 0.0225. The van der Waals surface area contributed by atoms with Crippen LogP contribution in [0.2, 0.25) is 0 Å². The van der Waals surface area contributed by atoms with Crippen molar-refractivity contribution < 1.29 is 9.53 Å². The number of carbonyl (C=O) groups is 1. The second kappa shape index (κ2) is 7.05. The predicted octanol–water partition coefficient (Wildman–Crippen LogP) is 3.42. The monoisotopic (exact) mass is 290 g/mol. The zero-order valence-corrected chi connectivity index (χ0v) is 12.5. The molecule has 1 amide bonds. The van der Waals surface area contributed by atoms with Gasteiger partial charge in [-0.3, -0.25) is 4.79 Å². The summed E-state index contributed by atoms with van der Waals surface area (Å²) in [6.45, 7) is 4.49. The molecule has 0 radical (unpaired) electrons. The molecule has 0 atom stereocenters. The maximum Gasteiger partial charge on any atom is 0.226 e. The average Bonchev–Trinajstić information content (AvgIpc) is 2.83. The van der Waals surface area contributed by atoms with E-state index in [2.05, 4.69) is 10.3 Å². The number of benzene rings is 1. The number of amides is 1. The Morgan fingerprint density at radius 2 is 2.20 bits per heavy atom. The van der Waals surface area contributed by atoms with Crippen LogP contribution in [0.3, 0.4) is 0 Å². The number of carbonyl (C=O) groups excluding carboxylic acids is 1. The molecule has 0 aliphatic heterocycles. The Morgan fingerprint density at radius 1 is 1.40 bits per heavy atom. The van der Waals surface area contributed by atoms with E-state index in [9.17, 15) is 4.79 Å². The highest BCUT2D eigenvalue weighted by Crippen LogP contribution is 2.20. The van der Waals surface area contributed by atoms with Gasteiger partial charge in [-0.2, -0.15) is 0 Å². The van der Waals surface area contributed by atoms with Gasteiger partial charge in [0.25, 0.3) is 0 Å². The highest BCUT2D eigenvalue weighted by molar-refractivity contribution is 7.13. The summed E-state index contributed by atoms with van der Waals surface area (Å²) >= 11 is 1.44. The standard InChI is InChI=1S/C15H18N2O2S/c1-3-19-13-7-5-4-6-12(13)8-9-14(18)17-15-16-11(2)10-20-15/h4-7,10H,3,8-9H2,1-2H3,(H,16,17,18). The van der Waals surface area contributed by atoms with Gasteiger partial charge in [0.05, 0.1) is 12.3 Å². The van der Waals surface area contributed by atoms with Crippen LogP contribution >= 0.6 is 11.3 Å². The number of ether oxygens (including phenoxy) is 1. The molecule has 0 saturated heterocycles. The Bertz CT molecular complexity index is 581. The summed E-state index contributed by atoms with van der Waals surface area (Å²) in [7, 11) is 0. The lowest BCUT2D eigenvalue weighted by Gasteiger charge is -2.09. The number of thiazole rings is 1. The number of anilines is 1. The molecule has 4 nitrogen and oxygen atoms in total. The molecule has 1 heterocycles. The van der Waals surface area contributed by atoms with Crippen molar-refractivity contribution in [1.82, 2.24) is 4.98 Å². The molecular formula is C15H18N2O2S. The van der Waals surface area contributed by atoms with Gasteiger partial charge in [0.1, 0.15) is 5.75 Å². The summed E-state index contributed by atoms with van der Waals surface area (Å²) < 4.78 is 5.55. The summed E-state index contributed by atoms with van der Waals surface area (Å²) in [5.74, 6) is 0.832. The third-order valence-corrected chi connectivity index (χ3v) is 3.63. The molecule has 20 heavy (non-hydrogen) atoms. The van der Waals surface area contributed by atoms with E-state index in [4.69, 9.17) is 4.74 Å². The van der Waals surface area contributed by atoms with E-state index in [1.165, 1.54) is 11.3 Å². The summed E-state index contributed by atoms with van der Waals surface area (Å²) in [5.41, 5.74) is 1.98. The summed E-state index contributed by atoms with van der Waals surface area (Å²) in [6, 6.07) is 7.82. The molecule has 0 bridgehead atoms. The molecule has 5 heteroatoms. The lowest BCUT2D eigenvalue weighted by atomic mass is 10.1. The number of hydrogen-bond donors (Lipinski definition) is 1. The van der Waals surface area contributed by atoms with Crippen LogP contribution in [0, 0.1) is 6.92 Å². The van der Waals surface area contributed by atoms with Crippen LogP contribution in [0.4, 0.5) is 5.13 Å². The molecule has 0 aliphatic carbocycles. The van der Waals surface area contributed by atoms with Crippen LogP contribution in [-0.4, -0.2) is 17.5 Å². The molecule has 2 aromatic rings. The first-order valence-electron chi connectivity index (χ1n) is 6.61. The Kier molecular flexibility index (Phi) is 5.12. The second-order valence-electron chi connectivity index (χ2n) is 4.38. The maximum absolute atomic E-state index is 11.9. The molecule has 0 unspecified atom stereocenters. The van der Waals surface area contributed by atoms with Crippen molar-refractivity contribution >= 4 is 22.4 Å². The van der Waals surface area contributed by atoms with E-state index in [0.717, 1.165) is 17.0 Å². The van der Waals surface area contributed by atoms with Gasteiger partial charge < -0.3 is 10.1 Å². The van der Waals surface area contributed by atoms with Crippen molar-refractivity contribution in [3.05, 3.63) is 40.9 Å². The molecule has 2 rings (SSSR count). The van der Waals surface area contributed by atoms with Crippen molar-refractivity contribution in [3.63, 3.8) is 0 Å². The van der Waals surface area contributed by atoms with E-state index >= 15 is 0 Å². The number of nitrogens with zero attached hydrogens (tertiary/aromatic N) is 1. The van der Waals surface area contributed by atoms with Gasteiger partial charge in [0.15, 0.2) is 5.13 Å². The predicted molar refractivity (Wildman–Crippen MR) is 81.4 cm³/mol. The number of para-hydroxylation sites is 1. The first-order chi connectivity index (χ1) is 9.69. The molecule has 106 valence electrons. The van der Waals surface area contributed by atoms with Crippen molar-refractivity contribution in [2.75, 3.05) is 11.9 Å². The van der Waals surface area contributed by atoms with Crippen LogP contribution in [0.25, 0.3) is 0 Å². The molecule has 0 fully saturated rings. The first kappa shape index (κ1) is 14.5. The normalized spacial score (nSPS) is 10.3. The minimum atomic E-state index is -0.0225. The van der Waals surface area contributed by atoms with Gasteiger partial charge in [-0.1, -0.05) is 18.2 Å². The molecular weight excluding hydrogens is 272 g/mol. The van der Waals surface area contributed by atoms with Crippen molar-refractivity contribution in [1.29, 1.82) is 0 Å². The summed E-state index contributed by atoms with van der Waals surface area (Å²) in [5, 5.41) is 5.39. The largest absolute Gasteiger partial charge is 0.494 e. The Hall–Kier alpha value is -1.88. The fourth-order valence-electron chi connectivity index (χ4n) is 1.85. The van der Waals surface area contributed by atoms with Crippen molar-refractivity contribution in [2.45, 2.75) is 26.7 Å². The Morgan fingerprint density at radius 3 is 2.90 bits per heavy atom. The number of aromatic nitrogens is 1. The fourth-order valence-corrected chi connectivity index (χ4v) is 2.55. The molecule has 0 aliphatic rings. The second-order valence-corrected chi connectivity index (χ2v) is 5.24. The van der Waals surface area contributed by atoms with E-state index in [1.807, 2.05) is 43.5 Å². The zero-order valence-electron chi connectivity index (χ0n) is 11.7. The van der Waals surface area contributed by atoms with Crippen LogP contribution < -0.4 is 10.1 Å². The molecule has 1 aromatic heterocycles. The average molecular weight is 290 g/mol. The lowest BCUT2D eigenvalue weighted by molar-refractivity contribution is -0.116. The fraction of sp³-hybridized carbons (Fsp3) is 0.333. The first-order valence-corrected chi connectivity index (χ1v) is 7.49. The summed E-state index contributed by atoms with van der Waals surface area (Å²) in [6.07, 6.45) is 1.08. The van der Waals surface area contributed by atoms with Gasteiger partial charge in [0, 0.05) is 11.8 Å². The third-order valence-electron chi connectivity index (χ3n) is 2.76. The van der Waals surface area contributed by atoms with Crippen molar-refractivity contribution in [3.8, 4) is 5.75 Å². The van der Waals surface area contributed by atoms with Gasteiger partial charge >= 0.3 is 0 Å². The number of nitrogens with one attached hydrogen (secondary N) is 1. The maximum atomic E-state index is 11.9. The topological polar surface area (TPSA) is 51.2 Å². The molecule has 1 N–H and O–H groups in total. The lowest BCUT2D eigenvalue weighted by Crippen LogP contribution is -2.12. The quantitative estimate of drug-likeness (QED) is 0.887. The Balaban J connectivity index is 1.90. The van der Waals surface area contributed by atoms with E-state index < -0.39 is 0 Å². The van der Waals surface area contributed by atoms with E-state index in [-0.39, 0.29) is 5.91 Å².